The minimum Gasteiger partial charge on any atom is -0.375 e. The molecule has 0 aromatic carbocycles. The maximum Gasteiger partial charge on any atom is 0.272 e. The monoisotopic (exact) mass is 301 g/mol. The zero-order valence-corrected chi connectivity index (χ0v) is 12.9. The molecule has 1 aromatic heterocycles. The molecule has 1 aromatic rings. The molecule has 5 heteroatoms. The average Bonchev–Trinajstić information content (AvgIpc) is 2.76. The summed E-state index contributed by atoms with van der Waals surface area (Å²) in [5, 5.41) is 0. The number of carbonyl (C=O) groups is 1. The molecule has 0 unspecified atom stereocenters. The Hall–Kier alpha value is -1.72. The second kappa shape index (κ2) is 7.03. The highest BCUT2D eigenvalue weighted by Crippen LogP contribution is 2.24. The zero-order chi connectivity index (χ0) is 15.4. The van der Waals surface area contributed by atoms with E-state index in [1.165, 1.54) is 0 Å². The highest BCUT2D eigenvalue weighted by atomic mass is 16.5. The van der Waals surface area contributed by atoms with Gasteiger partial charge in [0.25, 0.3) is 5.91 Å². The Balaban J connectivity index is 1.64. The van der Waals surface area contributed by atoms with Gasteiger partial charge in [0, 0.05) is 44.8 Å². The third kappa shape index (κ3) is 3.36. The number of nitrogens with zero attached hydrogens (tertiary/aromatic N) is 3. The van der Waals surface area contributed by atoms with E-state index in [1.807, 2.05) is 23.1 Å². The molecule has 0 saturated carbocycles. The van der Waals surface area contributed by atoms with Crippen molar-refractivity contribution in [3.8, 4) is 0 Å². The quantitative estimate of drug-likeness (QED) is 0.792. The van der Waals surface area contributed by atoms with Gasteiger partial charge in [0.05, 0.1) is 12.7 Å². The normalized spacial score (nSPS) is 26.1. The van der Waals surface area contributed by atoms with Gasteiger partial charge >= 0.3 is 0 Å². The molecule has 3 heterocycles. The lowest BCUT2D eigenvalue weighted by Gasteiger charge is -2.37. The fraction of sp³-hybridized carbons (Fsp3) is 0.529. The molecule has 2 atom stereocenters. The lowest BCUT2D eigenvalue weighted by Crippen LogP contribution is -2.49. The Morgan fingerprint density at radius 1 is 1.41 bits per heavy atom. The van der Waals surface area contributed by atoms with E-state index in [0.29, 0.717) is 18.2 Å². The van der Waals surface area contributed by atoms with Gasteiger partial charge in [-0.25, -0.2) is 0 Å². The van der Waals surface area contributed by atoms with Crippen molar-refractivity contribution in [1.82, 2.24) is 14.8 Å². The van der Waals surface area contributed by atoms with Crippen molar-refractivity contribution in [2.24, 2.45) is 5.92 Å². The van der Waals surface area contributed by atoms with Crippen LogP contribution in [0.25, 0.3) is 0 Å². The van der Waals surface area contributed by atoms with Crippen LogP contribution >= 0.6 is 0 Å². The number of aromatic nitrogens is 1. The standard InChI is InChI=1S/C17H23N3O2/c1-2-8-19-10-11-22-16-13-20(9-6-14(16)12-19)17(21)15-5-3-4-7-18-15/h2-5,7,14,16H,1,6,8-13H2/t14-,16-/m0/s1. The van der Waals surface area contributed by atoms with Crippen LogP contribution in [-0.4, -0.2) is 66.1 Å². The Bertz CT molecular complexity index is 520. The molecule has 5 nitrogen and oxygen atoms in total. The van der Waals surface area contributed by atoms with Gasteiger partial charge in [0.2, 0.25) is 0 Å². The molecule has 0 bridgehead atoms. The Labute approximate surface area is 131 Å². The van der Waals surface area contributed by atoms with E-state index >= 15 is 0 Å². The summed E-state index contributed by atoms with van der Waals surface area (Å²) in [5.74, 6) is 0.505. The lowest BCUT2D eigenvalue weighted by molar-refractivity contribution is -0.0172. The predicted molar refractivity (Wildman–Crippen MR) is 84.6 cm³/mol. The molecule has 2 aliphatic rings. The molecule has 0 aliphatic carbocycles. The smallest absolute Gasteiger partial charge is 0.272 e. The van der Waals surface area contributed by atoms with Crippen LogP contribution in [0.5, 0.6) is 0 Å². The van der Waals surface area contributed by atoms with Crippen molar-refractivity contribution in [2.75, 3.05) is 39.3 Å². The molecule has 0 N–H and O–H groups in total. The first kappa shape index (κ1) is 15.2. The third-order valence-electron chi connectivity index (χ3n) is 4.49. The summed E-state index contributed by atoms with van der Waals surface area (Å²) in [6.45, 7) is 8.86. The maximum atomic E-state index is 12.5. The van der Waals surface area contributed by atoms with Crippen LogP contribution in [0.1, 0.15) is 16.9 Å². The highest BCUT2D eigenvalue weighted by molar-refractivity contribution is 5.92. The summed E-state index contributed by atoms with van der Waals surface area (Å²) in [5.41, 5.74) is 0.517. The van der Waals surface area contributed by atoms with Crippen LogP contribution < -0.4 is 0 Å². The summed E-state index contributed by atoms with van der Waals surface area (Å²) < 4.78 is 6.01. The molecular weight excluding hydrogens is 278 g/mol. The summed E-state index contributed by atoms with van der Waals surface area (Å²) in [4.78, 5) is 20.9. The molecule has 0 spiro atoms. The number of hydrogen-bond acceptors (Lipinski definition) is 4. The van der Waals surface area contributed by atoms with E-state index in [1.54, 1.807) is 12.3 Å². The third-order valence-corrected chi connectivity index (χ3v) is 4.49. The van der Waals surface area contributed by atoms with Gasteiger partial charge in [-0.05, 0) is 18.6 Å². The van der Waals surface area contributed by atoms with Gasteiger partial charge in [-0.2, -0.15) is 0 Å². The van der Waals surface area contributed by atoms with Crippen molar-refractivity contribution in [3.63, 3.8) is 0 Å². The second-order valence-electron chi connectivity index (χ2n) is 5.97. The summed E-state index contributed by atoms with van der Waals surface area (Å²) >= 11 is 0. The van der Waals surface area contributed by atoms with E-state index in [2.05, 4.69) is 16.5 Å². The van der Waals surface area contributed by atoms with Crippen LogP contribution in [0.15, 0.2) is 37.1 Å². The molecule has 1 amide bonds. The molecule has 22 heavy (non-hydrogen) atoms. The SMILES string of the molecule is C=CCN1CCO[C@H]2CN(C(=O)c3ccccn3)CC[C@H]2C1. The first-order valence-electron chi connectivity index (χ1n) is 7.93. The number of amides is 1. The van der Waals surface area contributed by atoms with Gasteiger partial charge in [-0.3, -0.25) is 14.7 Å². The number of pyridine rings is 1. The van der Waals surface area contributed by atoms with E-state index < -0.39 is 0 Å². The zero-order valence-electron chi connectivity index (χ0n) is 12.9. The van der Waals surface area contributed by atoms with E-state index in [4.69, 9.17) is 4.74 Å². The predicted octanol–water partition coefficient (Wildman–Crippen LogP) is 1.43. The Morgan fingerprint density at radius 2 is 2.32 bits per heavy atom. The van der Waals surface area contributed by atoms with Crippen LogP contribution in [0.2, 0.25) is 0 Å². The lowest BCUT2D eigenvalue weighted by atomic mass is 9.93. The summed E-state index contributed by atoms with van der Waals surface area (Å²) in [6.07, 6.45) is 4.72. The second-order valence-corrected chi connectivity index (χ2v) is 5.97. The van der Waals surface area contributed by atoms with Gasteiger partial charge in [0.15, 0.2) is 0 Å². The van der Waals surface area contributed by atoms with Crippen molar-refractivity contribution in [1.29, 1.82) is 0 Å². The number of carbonyl (C=O) groups excluding carboxylic acids is 1. The maximum absolute atomic E-state index is 12.5. The number of hydrogen-bond donors (Lipinski definition) is 0. The number of likely N-dealkylation sites (tertiary alicyclic amines) is 1. The number of ether oxygens (including phenoxy) is 1. The fourth-order valence-corrected chi connectivity index (χ4v) is 3.30. The van der Waals surface area contributed by atoms with Crippen LogP contribution in [0, 0.1) is 5.92 Å². The van der Waals surface area contributed by atoms with Crippen LogP contribution in [-0.2, 0) is 4.74 Å². The number of fused-ring (bicyclic) bond motifs is 1. The van der Waals surface area contributed by atoms with Crippen LogP contribution in [0.3, 0.4) is 0 Å². The van der Waals surface area contributed by atoms with Gasteiger partial charge in [-0.15, -0.1) is 6.58 Å². The minimum absolute atomic E-state index is 0.00912. The molecule has 2 fully saturated rings. The summed E-state index contributed by atoms with van der Waals surface area (Å²) in [7, 11) is 0. The first-order chi connectivity index (χ1) is 10.8. The molecule has 118 valence electrons. The van der Waals surface area contributed by atoms with Gasteiger partial charge in [0.1, 0.15) is 5.69 Å². The van der Waals surface area contributed by atoms with Gasteiger partial charge in [-0.1, -0.05) is 12.1 Å². The van der Waals surface area contributed by atoms with E-state index in [0.717, 1.165) is 39.2 Å². The molecule has 3 rings (SSSR count). The van der Waals surface area contributed by atoms with Crippen molar-refractivity contribution in [3.05, 3.63) is 42.7 Å². The fourth-order valence-electron chi connectivity index (χ4n) is 3.30. The summed E-state index contributed by atoms with van der Waals surface area (Å²) in [6, 6.07) is 5.45. The van der Waals surface area contributed by atoms with Crippen LogP contribution in [0.4, 0.5) is 0 Å². The van der Waals surface area contributed by atoms with Gasteiger partial charge < -0.3 is 9.64 Å². The molecule has 2 saturated heterocycles. The first-order valence-corrected chi connectivity index (χ1v) is 7.93. The topological polar surface area (TPSA) is 45.7 Å². The molecular formula is C17H23N3O2. The highest BCUT2D eigenvalue weighted by Gasteiger charge is 2.35. The molecule has 2 aliphatic heterocycles. The van der Waals surface area contributed by atoms with E-state index in [9.17, 15) is 4.79 Å². The largest absolute Gasteiger partial charge is 0.375 e. The Kier molecular flexibility index (Phi) is 4.85. The Morgan fingerprint density at radius 3 is 3.09 bits per heavy atom. The number of rotatable bonds is 3. The average molecular weight is 301 g/mol. The van der Waals surface area contributed by atoms with Crippen molar-refractivity contribution in [2.45, 2.75) is 12.5 Å². The van der Waals surface area contributed by atoms with E-state index in [-0.39, 0.29) is 12.0 Å². The van der Waals surface area contributed by atoms with Crippen molar-refractivity contribution >= 4 is 5.91 Å². The molecule has 0 radical (unpaired) electrons. The van der Waals surface area contributed by atoms with Crippen molar-refractivity contribution < 1.29 is 9.53 Å². The minimum atomic E-state index is 0.00912. The number of piperidine rings is 1.